The van der Waals surface area contributed by atoms with Crippen molar-refractivity contribution >= 4 is 6.47 Å². The molecular formula is C10H19O2. The van der Waals surface area contributed by atoms with Crippen LogP contribution in [0.15, 0.2) is 0 Å². The van der Waals surface area contributed by atoms with Gasteiger partial charge in [-0.1, -0.05) is 27.2 Å². The van der Waals surface area contributed by atoms with Gasteiger partial charge in [0.15, 0.2) is 0 Å². The summed E-state index contributed by atoms with van der Waals surface area (Å²) < 4.78 is 4.95. The van der Waals surface area contributed by atoms with Gasteiger partial charge in [0.25, 0.3) is 0 Å². The molecule has 2 unspecified atom stereocenters. The Labute approximate surface area is 75.3 Å². The number of ether oxygens (including phenoxy) is 1. The Morgan fingerprint density at radius 2 is 2.08 bits per heavy atom. The summed E-state index contributed by atoms with van der Waals surface area (Å²) in [5.74, 6) is 0.600. The van der Waals surface area contributed by atoms with Crippen LogP contribution >= 0.6 is 0 Å². The third kappa shape index (κ3) is 3.74. The third-order valence-corrected chi connectivity index (χ3v) is 2.51. The average molecular weight is 171 g/mol. The van der Waals surface area contributed by atoms with Crippen molar-refractivity contribution in [1.29, 1.82) is 0 Å². The highest BCUT2D eigenvalue weighted by atomic mass is 16.5. The predicted molar refractivity (Wildman–Crippen MR) is 49.5 cm³/mol. The van der Waals surface area contributed by atoms with Gasteiger partial charge >= 0.3 is 6.47 Å². The number of hydrogen-bond donors (Lipinski definition) is 0. The zero-order valence-electron chi connectivity index (χ0n) is 8.52. The van der Waals surface area contributed by atoms with Gasteiger partial charge in [-0.3, -0.25) is 0 Å². The minimum atomic E-state index is -0.308. The van der Waals surface area contributed by atoms with Gasteiger partial charge in [0, 0.05) is 0 Å². The fraction of sp³-hybridized carbons (Fsp3) is 0.900. The summed E-state index contributed by atoms with van der Waals surface area (Å²) in [6, 6.07) is 0. The molecule has 0 aromatic carbocycles. The Bertz CT molecular complexity index is 134. The van der Waals surface area contributed by atoms with Gasteiger partial charge in [-0.05, 0) is 25.7 Å². The minimum absolute atomic E-state index is 0.308. The first-order valence-corrected chi connectivity index (χ1v) is 4.63. The molecule has 0 heterocycles. The Balaban J connectivity index is 4.02. The zero-order valence-corrected chi connectivity index (χ0v) is 8.52. The minimum Gasteiger partial charge on any atom is -0.451 e. The van der Waals surface area contributed by atoms with Crippen LogP contribution in [0.5, 0.6) is 0 Å². The van der Waals surface area contributed by atoms with E-state index < -0.39 is 0 Å². The summed E-state index contributed by atoms with van der Waals surface area (Å²) in [5, 5.41) is 0. The Hall–Kier alpha value is -0.530. The second-order valence-electron chi connectivity index (χ2n) is 3.71. The quantitative estimate of drug-likeness (QED) is 0.614. The highest BCUT2D eigenvalue weighted by Crippen LogP contribution is 2.25. The van der Waals surface area contributed by atoms with Crippen LogP contribution in [0.2, 0.25) is 0 Å². The molecule has 0 aromatic rings. The van der Waals surface area contributed by atoms with Gasteiger partial charge in [-0.15, -0.1) is 0 Å². The van der Waals surface area contributed by atoms with Crippen molar-refractivity contribution in [3.05, 3.63) is 0 Å². The molecule has 0 fully saturated rings. The predicted octanol–water partition coefficient (Wildman–Crippen LogP) is 2.68. The summed E-state index contributed by atoms with van der Waals surface area (Å²) in [6.07, 6.45) is 2.90. The zero-order chi connectivity index (χ0) is 9.61. The van der Waals surface area contributed by atoms with Crippen LogP contribution in [-0.4, -0.2) is 12.1 Å². The summed E-state index contributed by atoms with van der Waals surface area (Å²) in [4.78, 5) is 10.1. The fourth-order valence-corrected chi connectivity index (χ4v) is 1.24. The van der Waals surface area contributed by atoms with Gasteiger partial charge in [-0.2, -0.15) is 0 Å². The van der Waals surface area contributed by atoms with E-state index >= 15 is 0 Å². The van der Waals surface area contributed by atoms with E-state index in [4.69, 9.17) is 4.74 Å². The summed E-state index contributed by atoms with van der Waals surface area (Å²) in [6.45, 7) is 9.84. The van der Waals surface area contributed by atoms with Gasteiger partial charge in [0.1, 0.15) is 5.60 Å². The van der Waals surface area contributed by atoms with Gasteiger partial charge < -0.3 is 4.74 Å². The maximum Gasteiger partial charge on any atom is 0.418 e. The first-order valence-electron chi connectivity index (χ1n) is 4.63. The third-order valence-electron chi connectivity index (χ3n) is 2.51. The molecule has 0 saturated carbocycles. The Morgan fingerprint density at radius 3 is 2.42 bits per heavy atom. The molecule has 2 nitrogen and oxygen atoms in total. The lowest BCUT2D eigenvalue weighted by Gasteiger charge is -2.28. The molecule has 0 saturated heterocycles. The second-order valence-corrected chi connectivity index (χ2v) is 3.71. The largest absolute Gasteiger partial charge is 0.451 e. The molecule has 0 aliphatic heterocycles. The van der Waals surface area contributed by atoms with E-state index in [9.17, 15) is 4.79 Å². The van der Waals surface area contributed by atoms with E-state index in [1.807, 2.05) is 13.8 Å². The van der Waals surface area contributed by atoms with E-state index in [-0.39, 0.29) is 5.60 Å². The van der Waals surface area contributed by atoms with Crippen LogP contribution in [-0.2, 0) is 9.53 Å². The van der Waals surface area contributed by atoms with Crippen molar-refractivity contribution < 1.29 is 9.53 Å². The molecule has 0 spiro atoms. The molecule has 2 atom stereocenters. The van der Waals surface area contributed by atoms with E-state index in [1.54, 1.807) is 0 Å². The molecule has 0 aliphatic rings. The highest BCUT2D eigenvalue weighted by Gasteiger charge is 2.25. The van der Waals surface area contributed by atoms with Gasteiger partial charge in [0.2, 0.25) is 0 Å². The van der Waals surface area contributed by atoms with Gasteiger partial charge in [-0.25, -0.2) is 4.79 Å². The first kappa shape index (κ1) is 11.5. The molecule has 2 heteroatoms. The Morgan fingerprint density at radius 1 is 1.50 bits per heavy atom. The first-order chi connectivity index (χ1) is 5.58. The van der Waals surface area contributed by atoms with Crippen molar-refractivity contribution in [2.45, 2.75) is 52.6 Å². The van der Waals surface area contributed by atoms with Crippen molar-refractivity contribution in [2.24, 2.45) is 5.92 Å². The standard InChI is InChI=1S/C10H19O2/c1-5-9(3)7-10(4,6-2)12-8-11/h9H,5-7H2,1-4H3. The van der Waals surface area contributed by atoms with Crippen molar-refractivity contribution in [3.63, 3.8) is 0 Å². The van der Waals surface area contributed by atoms with Crippen molar-refractivity contribution in [1.82, 2.24) is 0 Å². The van der Waals surface area contributed by atoms with Gasteiger partial charge in [0.05, 0.1) is 0 Å². The molecule has 0 aliphatic carbocycles. The van der Waals surface area contributed by atoms with E-state index in [2.05, 4.69) is 13.8 Å². The van der Waals surface area contributed by atoms with E-state index in [1.165, 1.54) is 6.47 Å². The summed E-state index contributed by atoms with van der Waals surface area (Å²) in [5.41, 5.74) is -0.308. The maximum absolute atomic E-state index is 10.1. The average Bonchev–Trinajstić information content (AvgIpc) is 2.05. The van der Waals surface area contributed by atoms with Crippen LogP contribution in [0.4, 0.5) is 0 Å². The summed E-state index contributed by atoms with van der Waals surface area (Å²) in [7, 11) is 0. The smallest absolute Gasteiger partial charge is 0.418 e. The molecule has 0 aromatic heterocycles. The van der Waals surface area contributed by atoms with E-state index in [0.717, 1.165) is 19.3 Å². The SMILES string of the molecule is CCC(C)CC(C)(CC)O[C]=O. The second kappa shape index (κ2) is 5.18. The molecule has 0 N–H and O–H groups in total. The van der Waals surface area contributed by atoms with E-state index in [0.29, 0.717) is 5.92 Å². The van der Waals surface area contributed by atoms with Crippen LogP contribution in [0.1, 0.15) is 47.0 Å². The van der Waals surface area contributed by atoms with Crippen LogP contribution in [0.25, 0.3) is 0 Å². The summed E-state index contributed by atoms with van der Waals surface area (Å²) >= 11 is 0. The number of carbonyl (C=O) groups excluding carboxylic acids is 1. The molecule has 0 amide bonds. The van der Waals surface area contributed by atoms with Crippen molar-refractivity contribution in [3.8, 4) is 0 Å². The molecule has 0 rings (SSSR count). The lowest BCUT2D eigenvalue weighted by Crippen LogP contribution is -2.29. The fourth-order valence-electron chi connectivity index (χ4n) is 1.24. The molecule has 12 heavy (non-hydrogen) atoms. The molecular weight excluding hydrogens is 152 g/mol. The molecule has 1 radical (unpaired) electrons. The normalized spacial score (nSPS) is 18.0. The van der Waals surface area contributed by atoms with Crippen molar-refractivity contribution in [2.75, 3.05) is 0 Å². The highest BCUT2D eigenvalue weighted by molar-refractivity contribution is 5.39. The topological polar surface area (TPSA) is 26.3 Å². The Kier molecular flexibility index (Phi) is 4.95. The maximum atomic E-state index is 10.1. The number of hydrogen-bond acceptors (Lipinski definition) is 2. The lowest BCUT2D eigenvalue weighted by molar-refractivity contribution is 0.0421. The van der Waals surface area contributed by atoms with Crippen LogP contribution < -0.4 is 0 Å². The van der Waals surface area contributed by atoms with Crippen LogP contribution in [0, 0.1) is 5.92 Å². The number of rotatable bonds is 6. The molecule has 0 bridgehead atoms. The monoisotopic (exact) mass is 171 g/mol. The van der Waals surface area contributed by atoms with Crippen LogP contribution in [0.3, 0.4) is 0 Å². The lowest BCUT2D eigenvalue weighted by atomic mass is 9.89. The molecule has 71 valence electrons.